The fraction of sp³-hybridized carbons (Fsp3) is 0.800. The Morgan fingerprint density at radius 1 is 0.588 bits per heavy atom. The van der Waals surface area contributed by atoms with E-state index in [1.807, 2.05) is 0 Å². The van der Waals surface area contributed by atoms with E-state index < -0.39 is 36.7 Å². The normalized spacial score (nSPS) is 23.2. The first-order valence-corrected chi connectivity index (χ1v) is 10.8. The Kier molecular flexibility index (Phi) is 25.0. The number of hydrogen-bond donors (Lipinski definition) is 4. The number of hydrogen-bond acceptors (Lipinski definition) is 12. The van der Waals surface area contributed by atoms with Gasteiger partial charge in [-0.15, -0.1) is 0 Å². The van der Waals surface area contributed by atoms with Gasteiger partial charge in [0, 0.05) is 49.2 Å². The third-order valence-electron chi connectivity index (χ3n) is 5.19. The molecule has 0 heterocycles. The third kappa shape index (κ3) is 21.6. The summed E-state index contributed by atoms with van der Waals surface area (Å²) in [6.07, 6.45) is 7.59. The summed E-state index contributed by atoms with van der Waals surface area (Å²) in [7, 11) is 0. The van der Waals surface area contributed by atoms with Gasteiger partial charge in [-0.25, -0.2) is 0 Å². The zero-order valence-corrected chi connectivity index (χ0v) is 23.4. The largest absolute Gasteiger partial charge is 2.00 e. The minimum atomic E-state index is -1.37. The number of nitrogens with two attached hydrogens (primary N) is 2. The molecule has 2 aliphatic carbocycles. The molecule has 34 heavy (non-hydrogen) atoms. The Morgan fingerprint density at radius 3 is 1.12 bits per heavy atom. The predicted octanol–water partition coefficient (Wildman–Crippen LogP) is -5.55. The molecule has 0 aromatic carbocycles. The Balaban J connectivity index is -0.000000422. The topological polar surface area (TPSA) is 237 Å². The van der Waals surface area contributed by atoms with Crippen LogP contribution in [0, 0.1) is 0 Å². The van der Waals surface area contributed by atoms with Gasteiger partial charge >= 0.3 is 42.1 Å². The maximum absolute atomic E-state index is 10.1. The minimum absolute atomic E-state index is 0. The quantitative estimate of drug-likeness (QED) is 0.170. The molecule has 6 N–H and O–H groups in total. The standard InChI is InChI=1S/2C8H16N2O2.C4H6O4.2Pt/c2*9-6-3-1-2-4-7(6)10-5-8(11)12;5-3(6)1-2-4(7)8;;/h2*6-7,10H,1-5,9H2,(H,11,12);1-2H2,(H,5,6)(H,7,8);;/q;;;2*+2/p-4/t2*6-,7-;;;/m11.../s1. The van der Waals surface area contributed by atoms with Crippen LogP contribution in [-0.2, 0) is 61.3 Å². The molecule has 0 amide bonds. The Hall–Kier alpha value is -0.903. The van der Waals surface area contributed by atoms with Crippen LogP contribution < -0.4 is 42.5 Å². The summed E-state index contributed by atoms with van der Waals surface area (Å²) in [6, 6.07) is 0.546. The Bertz CT molecular complexity index is 551. The second kappa shape index (κ2) is 22.6. The molecule has 2 saturated carbocycles. The summed E-state index contributed by atoms with van der Waals surface area (Å²) >= 11 is 0. The number of carboxylic acids is 4. The van der Waals surface area contributed by atoms with Crippen molar-refractivity contribution in [3.8, 4) is 0 Å². The Labute approximate surface area is 228 Å². The maximum atomic E-state index is 10.1. The van der Waals surface area contributed by atoms with Crippen LogP contribution in [0.1, 0.15) is 64.2 Å². The van der Waals surface area contributed by atoms with Crippen LogP contribution in [0.25, 0.3) is 0 Å². The van der Waals surface area contributed by atoms with Gasteiger partial charge in [-0.2, -0.15) is 0 Å². The summed E-state index contributed by atoms with van der Waals surface area (Å²) in [5, 5.41) is 45.0. The van der Waals surface area contributed by atoms with Crippen LogP contribution in [0.2, 0.25) is 0 Å². The molecule has 0 unspecified atom stereocenters. The van der Waals surface area contributed by atoms with Crippen molar-refractivity contribution >= 4 is 23.9 Å². The molecule has 14 heteroatoms. The second-order valence-corrected chi connectivity index (χ2v) is 7.86. The molecule has 2 rings (SSSR count). The summed E-state index contributed by atoms with van der Waals surface area (Å²) in [6.45, 7) is -0.170. The summed E-state index contributed by atoms with van der Waals surface area (Å²) in [5.74, 6) is -4.86. The van der Waals surface area contributed by atoms with E-state index in [0.717, 1.165) is 51.4 Å². The van der Waals surface area contributed by atoms with Gasteiger partial charge in [0.25, 0.3) is 0 Å². The molecule has 0 aromatic rings. The van der Waals surface area contributed by atoms with E-state index >= 15 is 0 Å². The van der Waals surface area contributed by atoms with E-state index in [1.165, 1.54) is 0 Å². The number of aliphatic carboxylic acids is 4. The van der Waals surface area contributed by atoms with Crippen molar-refractivity contribution in [1.82, 2.24) is 10.6 Å². The predicted molar refractivity (Wildman–Crippen MR) is 106 cm³/mol. The van der Waals surface area contributed by atoms with E-state index in [9.17, 15) is 39.6 Å². The van der Waals surface area contributed by atoms with Gasteiger partial charge in [0.1, 0.15) is 0 Å². The molecule has 202 valence electrons. The molecule has 0 aliphatic heterocycles. The van der Waals surface area contributed by atoms with Gasteiger partial charge in [-0.1, -0.05) is 25.7 Å². The second-order valence-electron chi connectivity index (χ2n) is 7.86. The molecule has 4 atom stereocenters. The van der Waals surface area contributed by atoms with Gasteiger partial charge in [-0.3, -0.25) is 0 Å². The minimum Gasteiger partial charge on any atom is -0.550 e. The van der Waals surface area contributed by atoms with Crippen molar-refractivity contribution in [2.24, 2.45) is 11.5 Å². The zero-order valence-electron chi connectivity index (χ0n) is 18.8. The van der Waals surface area contributed by atoms with Crippen LogP contribution >= 0.6 is 0 Å². The van der Waals surface area contributed by atoms with E-state index in [2.05, 4.69) is 10.6 Å². The van der Waals surface area contributed by atoms with Gasteiger partial charge in [0.05, 0.1) is 11.9 Å². The molecule has 0 bridgehead atoms. The van der Waals surface area contributed by atoms with E-state index in [1.54, 1.807) is 0 Å². The van der Waals surface area contributed by atoms with Gasteiger partial charge < -0.3 is 61.7 Å². The van der Waals surface area contributed by atoms with Crippen molar-refractivity contribution in [3.05, 3.63) is 0 Å². The monoisotopic (exact) mass is 848 g/mol. The Morgan fingerprint density at radius 2 is 0.882 bits per heavy atom. The van der Waals surface area contributed by atoms with Crippen molar-refractivity contribution in [2.75, 3.05) is 13.1 Å². The molecule has 2 fully saturated rings. The molecular weight excluding hydrogens is 814 g/mol. The molecule has 0 saturated heterocycles. The number of carbonyl (C=O) groups excluding carboxylic acids is 4. The van der Waals surface area contributed by atoms with Gasteiger partial charge in [0.15, 0.2) is 0 Å². The number of nitrogens with one attached hydrogen (secondary N) is 2. The molecule has 12 nitrogen and oxygen atoms in total. The third-order valence-corrected chi connectivity index (χ3v) is 5.19. The van der Waals surface area contributed by atoms with Crippen molar-refractivity contribution in [2.45, 2.75) is 88.4 Å². The molecule has 0 radical (unpaired) electrons. The fourth-order valence-corrected chi connectivity index (χ4v) is 3.46. The van der Waals surface area contributed by atoms with Crippen LogP contribution in [0.4, 0.5) is 0 Å². The van der Waals surface area contributed by atoms with Crippen LogP contribution in [-0.4, -0.2) is 61.1 Å². The van der Waals surface area contributed by atoms with Crippen molar-refractivity contribution in [1.29, 1.82) is 0 Å². The number of carboxylic acid groups (broad SMARTS) is 4. The maximum Gasteiger partial charge on any atom is 2.00 e. The fourth-order valence-electron chi connectivity index (χ4n) is 3.46. The van der Waals surface area contributed by atoms with Crippen molar-refractivity contribution < 1.29 is 81.7 Å². The average molecular weight is 849 g/mol. The first-order valence-electron chi connectivity index (χ1n) is 10.8. The van der Waals surface area contributed by atoms with Crippen molar-refractivity contribution in [3.63, 3.8) is 0 Å². The molecular formula is C20H34N4O8Pt2. The van der Waals surface area contributed by atoms with Crippen LogP contribution in [0.5, 0.6) is 0 Å². The number of rotatable bonds is 9. The smallest absolute Gasteiger partial charge is 0.550 e. The van der Waals surface area contributed by atoms with E-state index in [-0.39, 0.29) is 79.4 Å². The molecule has 0 spiro atoms. The molecule has 2 aliphatic rings. The van der Waals surface area contributed by atoms with Crippen LogP contribution in [0.3, 0.4) is 0 Å². The first kappa shape index (κ1) is 37.6. The van der Waals surface area contributed by atoms with E-state index in [0.29, 0.717) is 0 Å². The first-order chi connectivity index (χ1) is 15.0. The summed E-state index contributed by atoms with van der Waals surface area (Å²) < 4.78 is 0. The van der Waals surface area contributed by atoms with Gasteiger partial charge in [-0.05, 0) is 38.5 Å². The summed E-state index contributed by atoms with van der Waals surface area (Å²) in [4.78, 5) is 39.3. The zero-order chi connectivity index (χ0) is 24.5. The van der Waals surface area contributed by atoms with Gasteiger partial charge in [0.2, 0.25) is 0 Å². The average Bonchev–Trinajstić information content (AvgIpc) is 2.72. The number of carbonyl (C=O) groups is 4. The summed E-state index contributed by atoms with van der Waals surface area (Å²) in [5.41, 5.74) is 11.6. The van der Waals surface area contributed by atoms with E-state index in [4.69, 9.17) is 11.5 Å². The van der Waals surface area contributed by atoms with Crippen LogP contribution in [0.15, 0.2) is 0 Å². The SMILES string of the molecule is N[C@@H]1CCCC[C@H]1NCC(=O)[O-].N[C@@H]1CCCC[C@H]1NCC(=O)[O-].O=C([O-])CCC(=O)[O-].[Pt+2].[Pt+2]. The molecule has 0 aromatic heterocycles.